The summed E-state index contributed by atoms with van der Waals surface area (Å²) in [5.74, 6) is 1.36. The second-order valence-corrected chi connectivity index (χ2v) is 4.73. The van der Waals surface area contributed by atoms with Crippen molar-refractivity contribution in [2.75, 3.05) is 19.9 Å². The fraction of sp³-hybridized carbons (Fsp3) is 0.545. The Hall–Kier alpha value is -1.31. The van der Waals surface area contributed by atoms with Crippen LogP contribution in [-0.4, -0.2) is 46.9 Å². The van der Waals surface area contributed by atoms with Crippen molar-refractivity contribution >= 4 is 7.12 Å². The molecule has 0 aromatic carbocycles. The molecule has 0 bridgehead atoms. The van der Waals surface area contributed by atoms with Crippen molar-refractivity contribution in [1.82, 2.24) is 9.88 Å². The molecule has 3 heterocycles. The standard InChI is InChI=1S/C11H15BN2O4/c15-12(16)8-1-2-14(5-8)6-9-3-10-11(4-13-9)18-7-17-10/h3-4,8,15-16H,1-2,5-7H2. The van der Waals surface area contributed by atoms with Crippen molar-refractivity contribution in [3.63, 3.8) is 0 Å². The summed E-state index contributed by atoms with van der Waals surface area (Å²) in [5, 5.41) is 18.3. The Morgan fingerprint density at radius 1 is 1.39 bits per heavy atom. The van der Waals surface area contributed by atoms with E-state index in [-0.39, 0.29) is 12.6 Å². The van der Waals surface area contributed by atoms with E-state index >= 15 is 0 Å². The lowest BCUT2D eigenvalue weighted by Gasteiger charge is -2.15. The van der Waals surface area contributed by atoms with E-state index in [4.69, 9.17) is 19.5 Å². The molecule has 0 spiro atoms. The molecule has 1 saturated heterocycles. The molecule has 2 N–H and O–H groups in total. The lowest BCUT2D eigenvalue weighted by molar-refractivity contribution is 0.173. The van der Waals surface area contributed by atoms with Gasteiger partial charge in [0.05, 0.1) is 11.9 Å². The van der Waals surface area contributed by atoms with Crippen molar-refractivity contribution in [3.8, 4) is 11.5 Å². The van der Waals surface area contributed by atoms with Crippen LogP contribution in [0.5, 0.6) is 11.5 Å². The average molecular weight is 250 g/mol. The number of likely N-dealkylation sites (tertiary alicyclic amines) is 1. The summed E-state index contributed by atoms with van der Waals surface area (Å²) in [6, 6.07) is 1.88. The molecular weight excluding hydrogens is 235 g/mol. The minimum atomic E-state index is -1.22. The first-order chi connectivity index (χ1) is 8.72. The van der Waals surface area contributed by atoms with Gasteiger partial charge in [-0.15, -0.1) is 0 Å². The number of pyridine rings is 1. The quantitative estimate of drug-likeness (QED) is 0.727. The predicted molar refractivity (Wildman–Crippen MR) is 64.2 cm³/mol. The molecule has 1 unspecified atom stereocenters. The van der Waals surface area contributed by atoms with Gasteiger partial charge in [0.2, 0.25) is 6.79 Å². The van der Waals surface area contributed by atoms with Crippen LogP contribution in [0, 0.1) is 0 Å². The van der Waals surface area contributed by atoms with Gasteiger partial charge in [-0.3, -0.25) is 9.88 Å². The maximum Gasteiger partial charge on any atom is 0.456 e. The second-order valence-electron chi connectivity index (χ2n) is 4.73. The normalized spacial score (nSPS) is 22.4. The second kappa shape index (κ2) is 4.76. The zero-order valence-corrected chi connectivity index (χ0v) is 9.95. The molecule has 2 aliphatic rings. The van der Waals surface area contributed by atoms with Crippen LogP contribution < -0.4 is 9.47 Å². The summed E-state index contributed by atoms with van der Waals surface area (Å²) < 4.78 is 10.5. The van der Waals surface area contributed by atoms with Crippen LogP contribution in [-0.2, 0) is 6.54 Å². The fourth-order valence-corrected chi connectivity index (χ4v) is 2.41. The highest BCUT2D eigenvalue weighted by Crippen LogP contribution is 2.32. The number of ether oxygens (including phenoxy) is 2. The van der Waals surface area contributed by atoms with Gasteiger partial charge in [0.25, 0.3) is 0 Å². The highest BCUT2D eigenvalue weighted by atomic mass is 16.7. The SMILES string of the molecule is OB(O)C1CCN(Cc2cc3c(cn2)OCO3)C1. The zero-order chi connectivity index (χ0) is 12.5. The van der Waals surface area contributed by atoms with Crippen molar-refractivity contribution in [1.29, 1.82) is 0 Å². The Morgan fingerprint density at radius 3 is 3.00 bits per heavy atom. The van der Waals surface area contributed by atoms with Crippen molar-refractivity contribution in [3.05, 3.63) is 18.0 Å². The van der Waals surface area contributed by atoms with E-state index in [0.29, 0.717) is 18.8 Å². The smallest absolute Gasteiger partial charge is 0.453 e. The van der Waals surface area contributed by atoms with Crippen LogP contribution in [0.2, 0.25) is 5.82 Å². The lowest BCUT2D eigenvalue weighted by atomic mass is 9.72. The van der Waals surface area contributed by atoms with Crippen LogP contribution in [0.15, 0.2) is 12.3 Å². The van der Waals surface area contributed by atoms with Crippen molar-refractivity contribution in [2.45, 2.75) is 18.8 Å². The predicted octanol–water partition coefficient (Wildman–Crippen LogP) is -0.141. The van der Waals surface area contributed by atoms with Gasteiger partial charge in [-0.25, -0.2) is 0 Å². The van der Waals surface area contributed by atoms with Gasteiger partial charge in [0.15, 0.2) is 11.5 Å². The van der Waals surface area contributed by atoms with Gasteiger partial charge in [0.1, 0.15) is 0 Å². The van der Waals surface area contributed by atoms with E-state index in [1.165, 1.54) is 0 Å². The van der Waals surface area contributed by atoms with Gasteiger partial charge in [-0.05, 0) is 19.5 Å². The van der Waals surface area contributed by atoms with E-state index in [1.807, 2.05) is 6.07 Å². The lowest BCUT2D eigenvalue weighted by Crippen LogP contribution is -2.25. The minimum absolute atomic E-state index is 0.0565. The summed E-state index contributed by atoms with van der Waals surface area (Å²) in [6.45, 7) is 2.50. The average Bonchev–Trinajstić information content (AvgIpc) is 2.96. The Balaban J connectivity index is 1.63. The molecule has 2 aliphatic heterocycles. The van der Waals surface area contributed by atoms with E-state index in [0.717, 1.165) is 24.4 Å². The number of nitrogens with zero attached hydrogens (tertiary/aromatic N) is 2. The molecule has 96 valence electrons. The van der Waals surface area contributed by atoms with Crippen LogP contribution in [0.25, 0.3) is 0 Å². The molecular formula is C11H15BN2O4. The van der Waals surface area contributed by atoms with E-state index in [2.05, 4.69) is 9.88 Å². The van der Waals surface area contributed by atoms with Gasteiger partial charge in [0, 0.05) is 18.4 Å². The largest absolute Gasteiger partial charge is 0.456 e. The molecule has 3 rings (SSSR count). The Bertz CT molecular complexity index is 443. The summed E-state index contributed by atoms with van der Waals surface area (Å²) >= 11 is 0. The molecule has 0 radical (unpaired) electrons. The monoisotopic (exact) mass is 250 g/mol. The highest BCUT2D eigenvalue weighted by molar-refractivity contribution is 6.43. The summed E-state index contributed by atoms with van der Waals surface area (Å²) in [7, 11) is -1.22. The van der Waals surface area contributed by atoms with Crippen LogP contribution >= 0.6 is 0 Å². The third kappa shape index (κ3) is 2.29. The maximum absolute atomic E-state index is 9.14. The molecule has 1 aromatic heterocycles. The highest BCUT2D eigenvalue weighted by Gasteiger charge is 2.31. The molecule has 0 amide bonds. The topological polar surface area (TPSA) is 75.1 Å². The van der Waals surface area contributed by atoms with Crippen molar-refractivity contribution in [2.24, 2.45) is 0 Å². The Labute approximate surface area is 105 Å². The van der Waals surface area contributed by atoms with Crippen molar-refractivity contribution < 1.29 is 19.5 Å². The molecule has 1 aromatic rings. The van der Waals surface area contributed by atoms with Crippen LogP contribution in [0.4, 0.5) is 0 Å². The fourth-order valence-electron chi connectivity index (χ4n) is 2.41. The Kier molecular flexibility index (Phi) is 3.11. The third-order valence-corrected chi connectivity index (χ3v) is 3.43. The number of rotatable bonds is 3. The molecule has 0 aliphatic carbocycles. The first kappa shape index (κ1) is 11.8. The molecule has 1 fully saturated rings. The number of hydrogen-bond acceptors (Lipinski definition) is 6. The molecule has 1 atom stereocenters. The zero-order valence-electron chi connectivity index (χ0n) is 9.95. The first-order valence-electron chi connectivity index (χ1n) is 6.05. The van der Waals surface area contributed by atoms with Crippen LogP contribution in [0.1, 0.15) is 12.1 Å². The Morgan fingerprint density at radius 2 is 2.22 bits per heavy atom. The van der Waals surface area contributed by atoms with Gasteiger partial charge >= 0.3 is 7.12 Å². The minimum Gasteiger partial charge on any atom is -0.453 e. The van der Waals surface area contributed by atoms with E-state index < -0.39 is 7.12 Å². The van der Waals surface area contributed by atoms with Gasteiger partial charge in [-0.1, -0.05) is 0 Å². The van der Waals surface area contributed by atoms with Gasteiger partial charge in [-0.2, -0.15) is 0 Å². The molecule has 6 nitrogen and oxygen atoms in total. The molecule has 18 heavy (non-hydrogen) atoms. The van der Waals surface area contributed by atoms with E-state index in [1.54, 1.807) is 6.20 Å². The third-order valence-electron chi connectivity index (χ3n) is 3.43. The van der Waals surface area contributed by atoms with Gasteiger partial charge < -0.3 is 19.5 Å². The van der Waals surface area contributed by atoms with E-state index in [9.17, 15) is 0 Å². The van der Waals surface area contributed by atoms with Crippen LogP contribution in [0.3, 0.4) is 0 Å². The summed E-state index contributed by atoms with van der Waals surface area (Å²) in [6.07, 6.45) is 2.48. The molecule has 0 saturated carbocycles. The number of aromatic nitrogens is 1. The summed E-state index contributed by atoms with van der Waals surface area (Å²) in [4.78, 5) is 6.47. The first-order valence-corrected chi connectivity index (χ1v) is 6.05. The number of fused-ring (bicyclic) bond motifs is 1. The molecule has 7 heteroatoms. The maximum atomic E-state index is 9.14. The number of hydrogen-bond donors (Lipinski definition) is 2. The summed E-state index contributed by atoms with van der Waals surface area (Å²) in [5.41, 5.74) is 0.910.